The molecule has 0 aromatic heterocycles. The minimum Gasteiger partial charge on any atom is -0.122 e. The van der Waals surface area contributed by atoms with Crippen molar-refractivity contribution >= 4 is 0 Å². The van der Waals surface area contributed by atoms with Gasteiger partial charge in [-0.1, -0.05) is 57.0 Å². The minimum atomic E-state index is 0.666. The van der Waals surface area contributed by atoms with Crippen LogP contribution in [0.3, 0.4) is 0 Å². The fraction of sp³-hybridized carbons (Fsp3) is 0.526. The third-order valence-electron chi connectivity index (χ3n) is 3.89. The van der Waals surface area contributed by atoms with Crippen LogP contribution in [0.1, 0.15) is 70.3 Å². The third-order valence-corrected chi connectivity index (χ3v) is 3.89. The molecule has 1 fully saturated rings. The molecule has 1 aromatic rings. The Morgan fingerprint density at radius 2 is 1.68 bits per heavy atom. The summed E-state index contributed by atoms with van der Waals surface area (Å²) in [6.45, 7) is 4.54. The van der Waals surface area contributed by atoms with Crippen LogP contribution in [0.2, 0.25) is 0 Å². The van der Waals surface area contributed by atoms with E-state index in [0.29, 0.717) is 5.92 Å². The maximum atomic E-state index is 3.74. The highest BCUT2D eigenvalue weighted by molar-refractivity contribution is 5.41. The van der Waals surface area contributed by atoms with Crippen LogP contribution in [0, 0.1) is 0 Å². The highest BCUT2D eigenvalue weighted by Crippen LogP contribution is 2.46. The Bertz CT molecular complexity index is 436. The van der Waals surface area contributed by atoms with Gasteiger partial charge in [0.1, 0.15) is 0 Å². The summed E-state index contributed by atoms with van der Waals surface area (Å²) < 4.78 is 0. The summed E-state index contributed by atoms with van der Waals surface area (Å²) in [5.74, 6) is 0.666. The lowest BCUT2D eigenvalue weighted by Crippen LogP contribution is -1.83. The summed E-state index contributed by atoms with van der Waals surface area (Å²) in [7, 11) is 0. The van der Waals surface area contributed by atoms with Gasteiger partial charge in [-0.15, -0.1) is 5.73 Å². The normalized spacial score (nSPS) is 17.2. The molecule has 0 spiro atoms. The van der Waals surface area contributed by atoms with Crippen LogP contribution in [-0.4, -0.2) is 0 Å². The van der Waals surface area contributed by atoms with Crippen molar-refractivity contribution in [2.24, 2.45) is 0 Å². The summed E-state index contributed by atoms with van der Waals surface area (Å²) in [6.07, 6.45) is 8.93. The van der Waals surface area contributed by atoms with E-state index in [1.165, 1.54) is 56.1 Å². The molecule has 0 amide bonds. The van der Waals surface area contributed by atoms with E-state index in [-0.39, 0.29) is 0 Å². The summed E-state index contributed by atoms with van der Waals surface area (Å²) in [5, 5.41) is 0. The molecule has 1 unspecified atom stereocenters. The molecular formula is C19H26. The highest BCUT2D eigenvalue weighted by atomic mass is 14.3. The molecule has 1 aromatic carbocycles. The average molecular weight is 254 g/mol. The zero-order valence-corrected chi connectivity index (χ0v) is 12.4. The van der Waals surface area contributed by atoms with E-state index < -0.39 is 0 Å². The smallest absolute Gasteiger partial charge is 0.0168 e. The Kier molecular flexibility index (Phi) is 5.48. The second kappa shape index (κ2) is 7.36. The second-order valence-electron chi connectivity index (χ2n) is 5.63. The number of allylic oxidation sites excluding steroid dienone is 1. The number of hydrogen-bond acceptors (Lipinski definition) is 0. The Balaban J connectivity index is 2.06. The van der Waals surface area contributed by atoms with E-state index in [0.717, 1.165) is 0 Å². The van der Waals surface area contributed by atoms with Gasteiger partial charge in [0.15, 0.2) is 0 Å². The fourth-order valence-corrected chi connectivity index (χ4v) is 2.56. The lowest BCUT2D eigenvalue weighted by Gasteiger charge is -2.02. The Hall–Kier alpha value is -1.26. The van der Waals surface area contributed by atoms with Gasteiger partial charge in [-0.05, 0) is 48.8 Å². The molecule has 0 aliphatic heterocycles. The van der Waals surface area contributed by atoms with E-state index in [1.807, 2.05) is 0 Å². The molecule has 1 saturated carbocycles. The Morgan fingerprint density at radius 1 is 1.05 bits per heavy atom. The van der Waals surface area contributed by atoms with Crippen molar-refractivity contribution in [3.8, 4) is 0 Å². The van der Waals surface area contributed by atoms with Crippen LogP contribution in [-0.2, 0) is 0 Å². The number of unbranched alkanes of at least 4 members (excludes halogenated alkanes) is 2. The van der Waals surface area contributed by atoms with E-state index in [1.54, 1.807) is 5.57 Å². The largest absolute Gasteiger partial charge is 0.122 e. The molecular weight excluding hydrogens is 228 g/mol. The van der Waals surface area contributed by atoms with Crippen LogP contribution in [0.25, 0.3) is 0 Å². The van der Waals surface area contributed by atoms with Crippen LogP contribution in [0.4, 0.5) is 0 Å². The maximum absolute atomic E-state index is 3.74. The lowest BCUT2D eigenvalue weighted by atomic mass is 10.0. The van der Waals surface area contributed by atoms with Gasteiger partial charge < -0.3 is 0 Å². The molecule has 1 atom stereocenters. The zero-order valence-electron chi connectivity index (χ0n) is 12.4. The lowest BCUT2D eigenvalue weighted by molar-refractivity contribution is 0.714. The van der Waals surface area contributed by atoms with Crippen molar-refractivity contribution in [3.63, 3.8) is 0 Å². The quantitative estimate of drug-likeness (QED) is 0.523. The minimum absolute atomic E-state index is 0.666. The third kappa shape index (κ3) is 4.40. The number of hydrogen-bond donors (Lipinski definition) is 0. The van der Waals surface area contributed by atoms with Crippen LogP contribution in [0.5, 0.6) is 0 Å². The predicted molar refractivity (Wildman–Crippen MR) is 83.4 cm³/mol. The summed E-state index contributed by atoms with van der Waals surface area (Å²) in [4.78, 5) is 0. The van der Waals surface area contributed by atoms with E-state index in [2.05, 4.69) is 49.9 Å². The van der Waals surface area contributed by atoms with E-state index >= 15 is 0 Å². The molecule has 0 heterocycles. The topological polar surface area (TPSA) is 0 Å². The molecule has 102 valence electrons. The molecule has 2 rings (SSSR count). The van der Waals surface area contributed by atoms with E-state index in [9.17, 15) is 0 Å². The molecule has 0 bridgehead atoms. The summed E-state index contributed by atoms with van der Waals surface area (Å²) >= 11 is 0. The average Bonchev–Trinajstić information content (AvgIpc) is 3.22. The molecule has 1 aliphatic rings. The van der Waals surface area contributed by atoms with Gasteiger partial charge in [-0.2, -0.15) is 0 Å². The maximum Gasteiger partial charge on any atom is 0.0168 e. The first-order chi connectivity index (χ1) is 9.35. The molecule has 0 heteroatoms. The summed E-state index contributed by atoms with van der Waals surface area (Å²) in [5.41, 5.74) is 8.31. The van der Waals surface area contributed by atoms with Gasteiger partial charge in [0.2, 0.25) is 0 Å². The van der Waals surface area contributed by atoms with Crippen LogP contribution < -0.4 is 0 Å². The fourth-order valence-electron chi connectivity index (χ4n) is 2.56. The summed E-state index contributed by atoms with van der Waals surface area (Å²) in [6, 6.07) is 10.9. The van der Waals surface area contributed by atoms with Crippen molar-refractivity contribution in [1.29, 1.82) is 0 Å². The van der Waals surface area contributed by atoms with Gasteiger partial charge in [-0.3, -0.25) is 0 Å². The Morgan fingerprint density at radius 3 is 2.26 bits per heavy atom. The second-order valence-corrected chi connectivity index (χ2v) is 5.63. The molecule has 0 radical (unpaired) electrons. The van der Waals surface area contributed by atoms with Crippen molar-refractivity contribution < 1.29 is 0 Å². The molecule has 0 nitrogen and oxygen atoms in total. The first-order valence-electron chi connectivity index (χ1n) is 7.87. The molecule has 0 saturated heterocycles. The van der Waals surface area contributed by atoms with Crippen LogP contribution >= 0.6 is 0 Å². The molecule has 19 heavy (non-hydrogen) atoms. The van der Waals surface area contributed by atoms with Gasteiger partial charge >= 0.3 is 0 Å². The predicted octanol–water partition coefficient (Wildman–Crippen LogP) is 6.01. The van der Waals surface area contributed by atoms with Crippen LogP contribution in [0.15, 0.2) is 47.2 Å². The number of benzene rings is 1. The van der Waals surface area contributed by atoms with Crippen molar-refractivity contribution in [1.82, 2.24) is 0 Å². The van der Waals surface area contributed by atoms with E-state index in [4.69, 9.17) is 0 Å². The number of rotatable bonds is 7. The Labute approximate surface area is 118 Å². The van der Waals surface area contributed by atoms with Gasteiger partial charge in [0.25, 0.3) is 0 Å². The van der Waals surface area contributed by atoms with Crippen molar-refractivity contribution in [2.45, 2.75) is 64.7 Å². The highest BCUT2D eigenvalue weighted by Gasteiger charge is 2.31. The molecule has 0 N–H and O–H groups in total. The SMILES string of the molecule is CCCCC(=C=C1CC1c1ccccc1)CCCC. The van der Waals surface area contributed by atoms with Gasteiger partial charge in [0, 0.05) is 5.92 Å². The first kappa shape index (κ1) is 14.2. The molecule has 1 aliphatic carbocycles. The monoisotopic (exact) mass is 254 g/mol. The van der Waals surface area contributed by atoms with Crippen molar-refractivity contribution in [2.75, 3.05) is 0 Å². The van der Waals surface area contributed by atoms with Gasteiger partial charge in [0.05, 0.1) is 0 Å². The first-order valence-corrected chi connectivity index (χ1v) is 7.87. The standard InChI is InChI=1S/C19H26/c1-3-5-10-16(11-6-4-2)14-18-15-19(18)17-12-8-7-9-13-17/h7-9,12-13,19H,3-6,10-11,15H2,1-2H3. The van der Waals surface area contributed by atoms with Gasteiger partial charge in [-0.25, -0.2) is 0 Å². The van der Waals surface area contributed by atoms with Crippen molar-refractivity contribution in [3.05, 3.63) is 52.8 Å². The zero-order chi connectivity index (χ0) is 13.5.